The molecule has 0 spiro atoms. The van der Waals surface area contributed by atoms with Crippen LogP contribution in [0.4, 0.5) is 0 Å². The molecule has 1 rings (SSSR count). The molecule has 0 fully saturated rings. The summed E-state index contributed by atoms with van der Waals surface area (Å²) in [4.78, 5) is 2.32. The standard InChI is InChI=1S/C17H30N2O2/c1-5-19(10-12-20-4)11-13-21-17-8-6-16(7-9-17)14-18-15(2)3/h6-9,15,18H,5,10-14H2,1-4H3. The predicted octanol–water partition coefficient (Wildman–Crippen LogP) is 2.53. The molecule has 0 saturated carbocycles. The van der Waals surface area contributed by atoms with Crippen LogP contribution >= 0.6 is 0 Å². The van der Waals surface area contributed by atoms with Gasteiger partial charge < -0.3 is 14.8 Å². The molecule has 120 valence electrons. The van der Waals surface area contributed by atoms with E-state index in [0.717, 1.165) is 38.5 Å². The third-order valence-electron chi connectivity index (χ3n) is 3.37. The Hall–Kier alpha value is -1.10. The Kier molecular flexibility index (Phi) is 9.06. The van der Waals surface area contributed by atoms with Gasteiger partial charge in [-0.05, 0) is 24.2 Å². The molecule has 0 aliphatic carbocycles. The highest BCUT2D eigenvalue weighted by Crippen LogP contribution is 2.12. The van der Waals surface area contributed by atoms with E-state index in [1.807, 2.05) is 12.1 Å². The third-order valence-corrected chi connectivity index (χ3v) is 3.37. The van der Waals surface area contributed by atoms with Gasteiger partial charge in [0, 0.05) is 32.8 Å². The maximum atomic E-state index is 5.80. The fourth-order valence-corrected chi connectivity index (χ4v) is 1.97. The van der Waals surface area contributed by atoms with Gasteiger partial charge in [-0.2, -0.15) is 0 Å². The highest BCUT2D eigenvalue weighted by molar-refractivity contribution is 5.27. The molecular formula is C17H30N2O2. The molecule has 0 radical (unpaired) electrons. The lowest BCUT2D eigenvalue weighted by atomic mass is 10.2. The molecule has 0 aliphatic rings. The molecule has 1 aromatic carbocycles. The molecule has 0 bridgehead atoms. The summed E-state index contributed by atoms with van der Waals surface area (Å²) in [6.45, 7) is 11.7. The zero-order chi connectivity index (χ0) is 15.5. The molecule has 1 N–H and O–H groups in total. The number of hydrogen-bond donors (Lipinski definition) is 1. The number of benzene rings is 1. The van der Waals surface area contributed by atoms with E-state index in [1.54, 1.807) is 7.11 Å². The Labute approximate surface area is 129 Å². The normalized spacial score (nSPS) is 11.3. The summed E-state index contributed by atoms with van der Waals surface area (Å²) in [5, 5.41) is 3.41. The lowest BCUT2D eigenvalue weighted by molar-refractivity contribution is 0.138. The van der Waals surface area contributed by atoms with Crippen molar-refractivity contribution in [1.82, 2.24) is 10.2 Å². The summed E-state index contributed by atoms with van der Waals surface area (Å²) in [5.74, 6) is 0.936. The first-order valence-corrected chi connectivity index (χ1v) is 7.82. The molecule has 0 saturated heterocycles. The number of hydrogen-bond acceptors (Lipinski definition) is 4. The van der Waals surface area contributed by atoms with Gasteiger partial charge in [0.1, 0.15) is 12.4 Å². The van der Waals surface area contributed by atoms with E-state index in [-0.39, 0.29) is 0 Å². The van der Waals surface area contributed by atoms with Crippen LogP contribution in [0.3, 0.4) is 0 Å². The second kappa shape index (κ2) is 10.6. The van der Waals surface area contributed by atoms with Gasteiger partial charge in [-0.25, -0.2) is 0 Å². The van der Waals surface area contributed by atoms with Crippen LogP contribution < -0.4 is 10.1 Å². The zero-order valence-electron chi connectivity index (χ0n) is 13.9. The molecule has 0 amide bonds. The van der Waals surface area contributed by atoms with E-state index in [9.17, 15) is 0 Å². The Bertz CT molecular complexity index is 366. The van der Waals surface area contributed by atoms with Crippen molar-refractivity contribution in [3.63, 3.8) is 0 Å². The first-order chi connectivity index (χ1) is 10.2. The minimum Gasteiger partial charge on any atom is -0.492 e. The van der Waals surface area contributed by atoms with Crippen LogP contribution in [0.15, 0.2) is 24.3 Å². The van der Waals surface area contributed by atoms with Crippen molar-refractivity contribution >= 4 is 0 Å². The Morgan fingerprint density at radius 3 is 2.33 bits per heavy atom. The minimum atomic E-state index is 0.507. The highest BCUT2D eigenvalue weighted by Gasteiger charge is 2.02. The second-order valence-electron chi connectivity index (χ2n) is 5.46. The third kappa shape index (κ3) is 8.05. The Morgan fingerprint density at radius 1 is 1.10 bits per heavy atom. The topological polar surface area (TPSA) is 33.7 Å². The SMILES string of the molecule is CCN(CCOC)CCOc1ccc(CNC(C)C)cc1. The maximum absolute atomic E-state index is 5.80. The van der Waals surface area contributed by atoms with Crippen molar-refractivity contribution < 1.29 is 9.47 Å². The molecule has 21 heavy (non-hydrogen) atoms. The van der Waals surface area contributed by atoms with Crippen LogP contribution in [-0.2, 0) is 11.3 Å². The second-order valence-corrected chi connectivity index (χ2v) is 5.46. The molecule has 0 unspecified atom stereocenters. The van der Waals surface area contributed by atoms with E-state index in [0.29, 0.717) is 12.6 Å². The van der Waals surface area contributed by atoms with E-state index < -0.39 is 0 Å². The van der Waals surface area contributed by atoms with Crippen LogP contribution in [0.2, 0.25) is 0 Å². The molecule has 1 aromatic rings. The van der Waals surface area contributed by atoms with Gasteiger partial charge in [-0.15, -0.1) is 0 Å². The summed E-state index contributed by atoms with van der Waals surface area (Å²) in [5.41, 5.74) is 1.28. The van der Waals surface area contributed by atoms with E-state index >= 15 is 0 Å². The number of nitrogens with one attached hydrogen (secondary N) is 1. The van der Waals surface area contributed by atoms with E-state index in [2.05, 4.69) is 43.1 Å². The summed E-state index contributed by atoms with van der Waals surface area (Å²) in [6.07, 6.45) is 0. The first kappa shape index (κ1) is 18.0. The van der Waals surface area contributed by atoms with Crippen LogP contribution in [-0.4, -0.2) is 50.9 Å². The fourth-order valence-electron chi connectivity index (χ4n) is 1.97. The van der Waals surface area contributed by atoms with Gasteiger partial charge in [0.2, 0.25) is 0 Å². The van der Waals surface area contributed by atoms with Crippen molar-refractivity contribution in [1.29, 1.82) is 0 Å². The summed E-state index contributed by atoms with van der Waals surface area (Å²) < 4.78 is 10.9. The molecule has 0 aliphatic heterocycles. The number of ether oxygens (including phenoxy) is 2. The molecule has 0 heterocycles. The summed E-state index contributed by atoms with van der Waals surface area (Å²) in [6, 6.07) is 8.83. The van der Waals surface area contributed by atoms with Crippen molar-refractivity contribution in [2.24, 2.45) is 0 Å². The van der Waals surface area contributed by atoms with Crippen molar-refractivity contribution in [3.8, 4) is 5.75 Å². The number of likely N-dealkylation sites (N-methyl/N-ethyl adjacent to an activating group) is 1. The average Bonchev–Trinajstić information content (AvgIpc) is 2.49. The minimum absolute atomic E-state index is 0.507. The zero-order valence-corrected chi connectivity index (χ0v) is 13.9. The van der Waals surface area contributed by atoms with E-state index in [4.69, 9.17) is 9.47 Å². The lowest BCUT2D eigenvalue weighted by Crippen LogP contribution is -2.31. The molecular weight excluding hydrogens is 264 g/mol. The Morgan fingerprint density at radius 2 is 1.76 bits per heavy atom. The quantitative estimate of drug-likeness (QED) is 0.680. The molecule has 4 nitrogen and oxygen atoms in total. The van der Waals surface area contributed by atoms with Crippen molar-refractivity contribution in [2.45, 2.75) is 33.4 Å². The van der Waals surface area contributed by atoms with Gasteiger partial charge in [0.25, 0.3) is 0 Å². The van der Waals surface area contributed by atoms with Crippen LogP contribution in [0, 0.1) is 0 Å². The Balaban J connectivity index is 2.28. The lowest BCUT2D eigenvalue weighted by Gasteiger charge is -2.19. The summed E-state index contributed by atoms with van der Waals surface area (Å²) >= 11 is 0. The summed E-state index contributed by atoms with van der Waals surface area (Å²) in [7, 11) is 1.74. The monoisotopic (exact) mass is 294 g/mol. The van der Waals surface area contributed by atoms with Crippen molar-refractivity contribution in [2.75, 3.05) is 40.0 Å². The molecule has 0 aromatic heterocycles. The van der Waals surface area contributed by atoms with Gasteiger partial charge in [-0.1, -0.05) is 32.9 Å². The van der Waals surface area contributed by atoms with Crippen LogP contribution in [0.1, 0.15) is 26.3 Å². The number of rotatable bonds is 11. The molecule has 0 atom stereocenters. The van der Waals surface area contributed by atoms with Gasteiger partial charge >= 0.3 is 0 Å². The molecule has 4 heteroatoms. The average molecular weight is 294 g/mol. The largest absolute Gasteiger partial charge is 0.492 e. The predicted molar refractivity (Wildman–Crippen MR) is 87.9 cm³/mol. The number of nitrogens with zero attached hydrogens (tertiary/aromatic N) is 1. The first-order valence-electron chi connectivity index (χ1n) is 7.82. The van der Waals surface area contributed by atoms with E-state index in [1.165, 1.54) is 5.56 Å². The maximum Gasteiger partial charge on any atom is 0.119 e. The van der Waals surface area contributed by atoms with Gasteiger partial charge in [-0.3, -0.25) is 4.90 Å². The van der Waals surface area contributed by atoms with Gasteiger partial charge in [0.15, 0.2) is 0 Å². The van der Waals surface area contributed by atoms with Crippen LogP contribution in [0.5, 0.6) is 5.75 Å². The van der Waals surface area contributed by atoms with Crippen LogP contribution in [0.25, 0.3) is 0 Å². The highest BCUT2D eigenvalue weighted by atomic mass is 16.5. The smallest absolute Gasteiger partial charge is 0.119 e. The fraction of sp³-hybridized carbons (Fsp3) is 0.647. The number of methoxy groups -OCH3 is 1. The van der Waals surface area contributed by atoms with Crippen molar-refractivity contribution in [3.05, 3.63) is 29.8 Å². The van der Waals surface area contributed by atoms with Gasteiger partial charge in [0.05, 0.1) is 6.61 Å².